The molecule has 0 bridgehead atoms. The summed E-state index contributed by atoms with van der Waals surface area (Å²) in [4.78, 5) is 15.2. The number of hydrogen-bond donors (Lipinski definition) is 1. The molecule has 0 aliphatic carbocycles. The predicted molar refractivity (Wildman–Crippen MR) is 127 cm³/mol. The Bertz CT molecular complexity index is 985. The summed E-state index contributed by atoms with van der Waals surface area (Å²) in [5, 5.41) is 2.87. The summed E-state index contributed by atoms with van der Waals surface area (Å²) in [5.74, 6) is 0.292. The Kier molecular flexibility index (Phi) is 8.15. The molecule has 8 heteroatoms. The number of amides is 1. The van der Waals surface area contributed by atoms with Gasteiger partial charge in [0.1, 0.15) is 11.8 Å². The summed E-state index contributed by atoms with van der Waals surface area (Å²) in [6.45, 7) is 7.59. The molecule has 1 saturated heterocycles. The molecule has 1 amide bonds. The molecule has 32 heavy (non-hydrogen) atoms. The Balaban J connectivity index is 1.61. The molecular weight excluding hydrogens is 426 g/mol. The van der Waals surface area contributed by atoms with E-state index in [9.17, 15) is 13.2 Å². The van der Waals surface area contributed by atoms with Crippen LogP contribution < -0.4 is 14.4 Å². The zero-order valence-corrected chi connectivity index (χ0v) is 19.9. The Labute approximate surface area is 191 Å². The van der Waals surface area contributed by atoms with Gasteiger partial charge in [-0.2, -0.15) is 0 Å². The molecule has 1 heterocycles. The van der Waals surface area contributed by atoms with E-state index >= 15 is 0 Å². The van der Waals surface area contributed by atoms with E-state index in [1.54, 1.807) is 31.2 Å². The van der Waals surface area contributed by atoms with Crippen molar-refractivity contribution in [2.75, 3.05) is 30.3 Å². The highest BCUT2D eigenvalue weighted by molar-refractivity contribution is 7.92. The first-order chi connectivity index (χ1) is 15.3. The van der Waals surface area contributed by atoms with E-state index in [0.29, 0.717) is 24.6 Å². The number of benzene rings is 2. The molecule has 0 radical (unpaired) electrons. The topological polar surface area (TPSA) is 79.0 Å². The quantitative estimate of drug-likeness (QED) is 0.591. The maximum absolute atomic E-state index is 12.8. The first-order valence-electron chi connectivity index (χ1n) is 11.1. The van der Waals surface area contributed by atoms with Gasteiger partial charge < -0.3 is 10.1 Å². The second kappa shape index (κ2) is 10.8. The van der Waals surface area contributed by atoms with Gasteiger partial charge in [0.15, 0.2) is 0 Å². The molecule has 2 aromatic rings. The molecule has 7 nitrogen and oxygen atoms in total. The molecule has 0 spiro atoms. The van der Waals surface area contributed by atoms with Crippen LogP contribution in [0.5, 0.6) is 5.75 Å². The molecule has 0 saturated carbocycles. The minimum absolute atomic E-state index is 0.341. The molecule has 1 N–H and O–H groups in total. The molecule has 0 unspecified atom stereocenters. The van der Waals surface area contributed by atoms with Crippen molar-refractivity contribution in [3.8, 4) is 5.75 Å². The van der Waals surface area contributed by atoms with Crippen LogP contribution >= 0.6 is 0 Å². The van der Waals surface area contributed by atoms with Crippen molar-refractivity contribution >= 4 is 21.6 Å². The van der Waals surface area contributed by atoms with Crippen LogP contribution in [0.3, 0.4) is 0 Å². The van der Waals surface area contributed by atoms with E-state index in [2.05, 4.69) is 22.3 Å². The van der Waals surface area contributed by atoms with Gasteiger partial charge in [0, 0.05) is 13.1 Å². The Morgan fingerprint density at radius 2 is 1.66 bits per heavy atom. The van der Waals surface area contributed by atoms with E-state index in [1.807, 2.05) is 19.1 Å². The lowest BCUT2D eigenvalue weighted by Gasteiger charge is -2.28. The summed E-state index contributed by atoms with van der Waals surface area (Å²) in [6.07, 6.45) is 3.64. The number of nitrogens with one attached hydrogen (secondary N) is 1. The number of carbonyl (C=O) groups excluding carboxylic acids is 1. The van der Waals surface area contributed by atoms with Crippen molar-refractivity contribution in [2.24, 2.45) is 0 Å². The normalized spacial score (nSPS) is 15.3. The van der Waals surface area contributed by atoms with Crippen LogP contribution in [0.1, 0.15) is 37.8 Å². The summed E-state index contributed by atoms with van der Waals surface area (Å²) in [7, 11) is -3.66. The Morgan fingerprint density at radius 1 is 1.06 bits per heavy atom. The van der Waals surface area contributed by atoms with Gasteiger partial charge in [0.2, 0.25) is 15.9 Å². The first-order valence-corrected chi connectivity index (χ1v) is 12.9. The lowest BCUT2D eigenvalue weighted by atomic mass is 10.1. The average Bonchev–Trinajstić information content (AvgIpc) is 3.26. The standard InChI is InChI=1S/C24H33N3O4S/c1-4-31-23-13-11-22(12-14-23)27(32(3,29)30)19(2)24(28)25-17-20-7-9-21(10-8-20)18-26-15-5-6-16-26/h7-14,19H,4-6,15-18H2,1-3H3,(H,25,28)/t19-/m0/s1. The van der Waals surface area contributed by atoms with Crippen molar-refractivity contribution in [1.29, 1.82) is 0 Å². The van der Waals surface area contributed by atoms with Gasteiger partial charge >= 0.3 is 0 Å². The van der Waals surface area contributed by atoms with Crippen molar-refractivity contribution < 1.29 is 17.9 Å². The maximum Gasteiger partial charge on any atom is 0.243 e. The zero-order valence-electron chi connectivity index (χ0n) is 19.1. The number of anilines is 1. The lowest BCUT2D eigenvalue weighted by molar-refractivity contribution is -0.122. The van der Waals surface area contributed by atoms with Crippen LogP contribution in [0.2, 0.25) is 0 Å². The van der Waals surface area contributed by atoms with E-state index in [0.717, 1.165) is 35.8 Å². The highest BCUT2D eigenvalue weighted by atomic mass is 32.2. The SMILES string of the molecule is CCOc1ccc(N([C@@H](C)C(=O)NCc2ccc(CN3CCCC3)cc2)S(C)(=O)=O)cc1. The van der Waals surface area contributed by atoms with Crippen molar-refractivity contribution in [3.63, 3.8) is 0 Å². The van der Waals surface area contributed by atoms with Gasteiger partial charge in [-0.05, 0) is 75.2 Å². The molecule has 174 valence electrons. The van der Waals surface area contributed by atoms with Crippen LogP contribution in [0, 0.1) is 0 Å². The average molecular weight is 460 g/mol. The molecule has 3 rings (SSSR count). The summed E-state index contributed by atoms with van der Waals surface area (Å²) < 4.78 is 31.5. The van der Waals surface area contributed by atoms with Gasteiger partial charge in [-0.25, -0.2) is 8.42 Å². The maximum atomic E-state index is 12.8. The highest BCUT2D eigenvalue weighted by Gasteiger charge is 2.29. The minimum atomic E-state index is -3.66. The highest BCUT2D eigenvalue weighted by Crippen LogP contribution is 2.24. The Hall–Kier alpha value is -2.58. The monoisotopic (exact) mass is 459 g/mol. The second-order valence-electron chi connectivity index (χ2n) is 8.18. The Morgan fingerprint density at radius 3 is 2.22 bits per heavy atom. The van der Waals surface area contributed by atoms with Gasteiger partial charge in [0.25, 0.3) is 0 Å². The zero-order chi connectivity index (χ0) is 23.1. The fourth-order valence-electron chi connectivity index (χ4n) is 3.96. The molecule has 0 aromatic heterocycles. The number of ether oxygens (including phenoxy) is 1. The fourth-order valence-corrected chi connectivity index (χ4v) is 5.14. The van der Waals surface area contributed by atoms with E-state index < -0.39 is 16.1 Å². The molecule has 1 atom stereocenters. The largest absolute Gasteiger partial charge is 0.494 e. The van der Waals surface area contributed by atoms with Crippen LogP contribution in [-0.4, -0.2) is 51.2 Å². The summed E-state index contributed by atoms with van der Waals surface area (Å²) >= 11 is 0. The summed E-state index contributed by atoms with van der Waals surface area (Å²) in [5.41, 5.74) is 2.65. The van der Waals surface area contributed by atoms with Gasteiger partial charge in [0.05, 0.1) is 18.6 Å². The third kappa shape index (κ3) is 6.46. The number of hydrogen-bond acceptors (Lipinski definition) is 5. The number of carbonyl (C=O) groups is 1. The van der Waals surface area contributed by atoms with Crippen LogP contribution in [0.4, 0.5) is 5.69 Å². The fraction of sp³-hybridized carbons (Fsp3) is 0.458. The van der Waals surface area contributed by atoms with Crippen LogP contribution in [0.25, 0.3) is 0 Å². The second-order valence-corrected chi connectivity index (χ2v) is 10.0. The molecule has 1 fully saturated rings. The summed E-state index contributed by atoms with van der Waals surface area (Å²) in [6, 6.07) is 14.0. The predicted octanol–water partition coefficient (Wildman–Crippen LogP) is 3.15. The molecule has 2 aromatic carbocycles. The molecule has 1 aliphatic rings. The lowest BCUT2D eigenvalue weighted by Crippen LogP contribution is -2.47. The van der Waals surface area contributed by atoms with Gasteiger partial charge in [-0.1, -0.05) is 24.3 Å². The van der Waals surface area contributed by atoms with E-state index in [-0.39, 0.29) is 5.91 Å². The van der Waals surface area contributed by atoms with E-state index in [4.69, 9.17) is 4.74 Å². The molecular formula is C24H33N3O4S. The van der Waals surface area contributed by atoms with Gasteiger partial charge in [-0.15, -0.1) is 0 Å². The molecule has 1 aliphatic heterocycles. The number of likely N-dealkylation sites (tertiary alicyclic amines) is 1. The number of rotatable bonds is 10. The van der Waals surface area contributed by atoms with Crippen molar-refractivity contribution in [1.82, 2.24) is 10.2 Å². The van der Waals surface area contributed by atoms with Crippen molar-refractivity contribution in [3.05, 3.63) is 59.7 Å². The van der Waals surface area contributed by atoms with Crippen LogP contribution in [0.15, 0.2) is 48.5 Å². The first kappa shape index (κ1) is 24.1. The number of nitrogens with zero attached hydrogens (tertiary/aromatic N) is 2. The minimum Gasteiger partial charge on any atom is -0.494 e. The van der Waals surface area contributed by atoms with E-state index in [1.165, 1.54) is 18.4 Å². The third-order valence-corrected chi connectivity index (χ3v) is 6.83. The van der Waals surface area contributed by atoms with Crippen molar-refractivity contribution in [2.45, 2.75) is 45.8 Å². The van der Waals surface area contributed by atoms with Crippen LogP contribution in [-0.2, 0) is 27.9 Å². The van der Waals surface area contributed by atoms with Gasteiger partial charge in [-0.3, -0.25) is 14.0 Å². The number of sulfonamides is 1. The smallest absolute Gasteiger partial charge is 0.243 e. The third-order valence-electron chi connectivity index (χ3n) is 5.59.